The largest absolute Gasteiger partial charge is 0.465 e. The van der Waals surface area contributed by atoms with Crippen LogP contribution in [-0.4, -0.2) is 94.9 Å². The van der Waals surface area contributed by atoms with Crippen LogP contribution in [0.2, 0.25) is 0 Å². The third kappa shape index (κ3) is 5.72. The minimum Gasteiger partial charge on any atom is -0.465 e. The molecular weight excluding hydrogens is 608 g/mol. The maximum atomic E-state index is 13.8. The summed E-state index contributed by atoms with van der Waals surface area (Å²) in [5, 5.41) is 12.5. The van der Waals surface area contributed by atoms with Gasteiger partial charge in [0.2, 0.25) is 0 Å². The van der Waals surface area contributed by atoms with Crippen molar-refractivity contribution in [2.24, 2.45) is 11.3 Å². The number of hydrogen-bond donors (Lipinski definition) is 1. The Labute approximate surface area is 265 Å². The van der Waals surface area contributed by atoms with Gasteiger partial charge in [0, 0.05) is 41.0 Å². The van der Waals surface area contributed by atoms with Crippen molar-refractivity contribution in [3.05, 3.63) is 35.9 Å². The molecule has 252 valence electrons. The number of aliphatic hydroxyl groups is 1. The van der Waals surface area contributed by atoms with Crippen molar-refractivity contribution in [3.8, 4) is 0 Å². The van der Waals surface area contributed by atoms with Gasteiger partial charge < -0.3 is 38.3 Å². The van der Waals surface area contributed by atoms with E-state index in [1.54, 1.807) is 32.0 Å². The minimum absolute atomic E-state index is 0.0820. The zero-order chi connectivity index (χ0) is 34.4. The first kappa shape index (κ1) is 34.8. The summed E-state index contributed by atoms with van der Waals surface area (Å²) in [7, 11) is 0. The molecule has 14 heteroatoms. The van der Waals surface area contributed by atoms with Crippen LogP contribution in [0.15, 0.2) is 30.3 Å². The molecule has 1 aromatic carbocycles. The number of benzene rings is 1. The zero-order valence-electron chi connectivity index (χ0n) is 27.0. The van der Waals surface area contributed by atoms with Gasteiger partial charge in [-0.05, 0) is 32.9 Å². The molecule has 3 fully saturated rings. The lowest BCUT2D eigenvalue weighted by Crippen LogP contribution is -2.85. The lowest BCUT2D eigenvalue weighted by atomic mass is 9.45. The number of rotatable bonds is 8. The molecule has 1 aromatic rings. The first-order valence-corrected chi connectivity index (χ1v) is 14.8. The van der Waals surface area contributed by atoms with E-state index >= 15 is 0 Å². The Morgan fingerprint density at radius 2 is 1.28 bits per heavy atom. The van der Waals surface area contributed by atoms with Gasteiger partial charge in [0.15, 0.2) is 17.8 Å². The van der Waals surface area contributed by atoms with Gasteiger partial charge in [-0.1, -0.05) is 18.2 Å². The van der Waals surface area contributed by atoms with Gasteiger partial charge in [-0.3, -0.25) is 24.0 Å². The molecule has 14 nitrogen and oxygen atoms in total. The lowest BCUT2D eigenvalue weighted by Gasteiger charge is -2.66. The smallest absolute Gasteiger partial charge is 0.338 e. The second-order valence-electron chi connectivity index (χ2n) is 12.7. The topological polar surface area (TPSA) is 187 Å². The molecule has 2 aliphatic carbocycles. The van der Waals surface area contributed by atoms with E-state index in [-0.39, 0.29) is 5.56 Å². The van der Waals surface area contributed by atoms with Crippen LogP contribution >= 0.6 is 0 Å². The molecule has 9 atom stereocenters. The van der Waals surface area contributed by atoms with Gasteiger partial charge in [0.25, 0.3) is 0 Å². The van der Waals surface area contributed by atoms with Crippen LogP contribution in [0.5, 0.6) is 0 Å². The van der Waals surface area contributed by atoms with Crippen LogP contribution in [0.4, 0.5) is 0 Å². The molecule has 2 bridgehead atoms. The fourth-order valence-electron chi connectivity index (χ4n) is 7.81. The lowest BCUT2D eigenvalue weighted by molar-refractivity contribution is -0.363. The molecule has 2 saturated carbocycles. The number of carbonyl (C=O) groups excluding carboxylic acids is 6. The molecule has 1 spiro atoms. The predicted octanol–water partition coefficient (Wildman–Crippen LogP) is 1.82. The highest BCUT2D eigenvalue weighted by molar-refractivity contribution is 5.89. The average Bonchev–Trinajstić information content (AvgIpc) is 3.12. The fraction of sp³-hybridized carbons (Fsp3) is 0.625. The predicted molar refractivity (Wildman–Crippen MR) is 154 cm³/mol. The molecule has 0 aromatic heterocycles. The van der Waals surface area contributed by atoms with Crippen molar-refractivity contribution >= 4 is 35.8 Å². The normalized spacial score (nSPS) is 35.5. The zero-order valence-corrected chi connectivity index (χ0v) is 27.0. The average molecular weight is 649 g/mol. The number of carbonyl (C=O) groups is 6. The van der Waals surface area contributed by atoms with Crippen molar-refractivity contribution in [2.45, 2.75) is 109 Å². The Kier molecular flexibility index (Phi) is 9.30. The van der Waals surface area contributed by atoms with E-state index in [4.69, 9.17) is 33.2 Å². The molecule has 0 amide bonds. The molecule has 1 aliphatic heterocycles. The summed E-state index contributed by atoms with van der Waals surface area (Å²) in [5.74, 6) is -6.19. The third-order valence-electron chi connectivity index (χ3n) is 9.01. The summed E-state index contributed by atoms with van der Waals surface area (Å²) >= 11 is 0. The summed E-state index contributed by atoms with van der Waals surface area (Å²) in [4.78, 5) is 77.1. The molecule has 0 radical (unpaired) electrons. The van der Waals surface area contributed by atoms with Gasteiger partial charge in [-0.15, -0.1) is 0 Å². The molecule has 1 heterocycles. The quantitative estimate of drug-likeness (QED) is 0.318. The maximum absolute atomic E-state index is 13.8. The van der Waals surface area contributed by atoms with Gasteiger partial charge >= 0.3 is 35.8 Å². The van der Waals surface area contributed by atoms with Gasteiger partial charge in [-0.2, -0.15) is 0 Å². The Bertz CT molecular complexity index is 1400. The van der Waals surface area contributed by atoms with Crippen LogP contribution in [0.25, 0.3) is 0 Å². The van der Waals surface area contributed by atoms with Crippen LogP contribution < -0.4 is 0 Å². The van der Waals surface area contributed by atoms with E-state index in [2.05, 4.69) is 0 Å². The van der Waals surface area contributed by atoms with Gasteiger partial charge in [0.05, 0.1) is 22.7 Å². The van der Waals surface area contributed by atoms with E-state index in [1.807, 2.05) is 0 Å². The van der Waals surface area contributed by atoms with E-state index in [9.17, 15) is 33.9 Å². The Balaban J connectivity index is 2.18. The summed E-state index contributed by atoms with van der Waals surface area (Å²) in [6, 6.07) is 7.80. The highest BCUT2D eigenvalue weighted by atomic mass is 16.7. The van der Waals surface area contributed by atoms with E-state index in [0.717, 1.165) is 34.6 Å². The van der Waals surface area contributed by atoms with Crippen molar-refractivity contribution in [1.82, 2.24) is 0 Å². The number of ether oxygens (including phenoxy) is 7. The molecule has 46 heavy (non-hydrogen) atoms. The van der Waals surface area contributed by atoms with Crippen LogP contribution in [-0.2, 0) is 57.1 Å². The van der Waals surface area contributed by atoms with Crippen LogP contribution in [0.3, 0.4) is 0 Å². The van der Waals surface area contributed by atoms with Crippen LogP contribution in [0.1, 0.15) is 72.2 Å². The van der Waals surface area contributed by atoms with Crippen LogP contribution in [0, 0.1) is 11.3 Å². The van der Waals surface area contributed by atoms with Gasteiger partial charge in [-0.25, -0.2) is 4.79 Å². The van der Waals surface area contributed by atoms with E-state index < -0.39 is 107 Å². The molecule has 1 N–H and O–H groups in total. The Morgan fingerprint density at radius 3 is 1.80 bits per heavy atom. The number of hydrogen-bond acceptors (Lipinski definition) is 14. The van der Waals surface area contributed by atoms with Crippen molar-refractivity contribution in [1.29, 1.82) is 0 Å². The number of esters is 6. The highest BCUT2D eigenvalue weighted by Crippen LogP contribution is 2.69. The summed E-state index contributed by atoms with van der Waals surface area (Å²) in [5.41, 5.74) is -7.92. The highest BCUT2D eigenvalue weighted by Gasteiger charge is 2.89. The molecule has 3 aliphatic rings. The summed E-state index contributed by atoms with van der Waals surface area (Å²) in [6.07, 6.45) is -8.28. The standard InChI is InChI=1S/C32H40O14/c1-16(33)40-15-31-25(43-19(4)36)22(41-17(2)34)14-30(8,39)32(31)26(44-20(5)37)23(29(6,7)46-32)24(42-18(3)35)27(31)45-28(38)21-12-10-9-11-13-21/h9-13,22-27,39H,14-15H2,1-8H3/t22-,23+,24+,25-,26+,27+,30-,31-,32-/m1/s1. The Morgan fingerprint density at radius 1 is 0.739 bits per heavy atom. The van der Waals surface area contributed by atoms with Crippen molar-refractivity contribution in [2.75, 3.05) is 6.61 Å². The van der Waals surface area contributed by atoms with Crippen molar-refractivity contribution in [3.63, 3.8) is 0 Å². The minimum atomic E-state index is -2.25. The Hall–Kier alpha value is -4.04. The van der Waals surface area contributed by atoms with E-state index in [0.29, 0.717) is 0 Å². The second kappa shape index (κ2) is 12.3. The number of fused-ring (bicyclic) bond motifs is 1. The first-order chi connectivity index (χ1) is 21.3. The fourth-order valence-corrected chi connectivity index (χ4v) is 7.81. The molecule has 4 rings (SSSR count). The monoisotopic (exact) mass is 648 g/mol. The molecule has 1 saturated heterocycles. The molecular formula is C32H40O14. The summed E-state index contributed by atoms with van der Waals surface area (Å²) < 4.78 is 41.9. The third-order valence-corrected chi connectivity index (χ3v) is 9.01. The van der Waals surface area contributed by atoms with Gasteiger partial charge in [0.1, 0.15) is 30.3 Å². The summed E-state index contributed by atoms with van der Waals surface area (Å²) in [6.45, 7) is 9.26. The maximum Gasteiger partial charge on any atom is 0.338 e. The van der Waals surface area contributed by atoms with E-state index in [1.165, 1.54) is 19.1 Å². The second-order valence-corrected chi connectivity index (χ2v) is 12.7. The SMILES string of the molecule is CC(=O)OC[C@]12[C@H](OC(C)=O)[C@H](OC(C)=O)C[C@@](C)(O)[C@@]13OC(C)(C)[C@@H]([C@H](OC(C)=O)[C@@H]2OC(=O)c1ccccc1)[C@@H]3OC(C)=O. The first-order valence-electron chi connectivity index (χ1n) is 14.8. The molecule has 0 unspecified atom stereocenters. The van der Waals surface area contributed by atoms with Crippen molar-refractivity contribution < 1.29 is 67.0 Å².